The summed E-state index contributed by atoms with van der Waals surface area (Å²) in [5.74, 6) is 0.877. The highest BCUT2D eigenvalue weighted by Crippen LogP contribution is 2.43. The van der Waals surface area contributed by atoms with Crippen molar-refractivity contribution < 1.29 is 14.3 Å². The quantitative estimate of drug-likeness (QED) is 0.740. The summed E-state index contributed by atoms with van der Waals surface area (Å²) < 4.78 is 11.3. The van der Waals surface area contributed by atoms with Gasteiger partial charge in [-0.15, -0.1) is 0 Å². The molecule has 0 aromatic heterocycles. The van der Waals surface area contributed by atoms with Crippen LogP contribution in [0.4, 0.5) is 0 Å². The van der Waals surface area contributed by atoms with Crippen molar-refractivity contribution in [2.45, 2.75) is 50.5 Å². The normalized spacial score (nSPS) is 36.5. The zero-order valence-corrected chi connectivity index (χ0v) is 10.5. The standard InChI is InChI=1S/C14H22O3/c15-13(12-3-7-16-10-12)11-4-8-17-14(9-11)5-1-2-6-14/h11-12H,1-10H2. The van der Waals surface area contributed by atoms with Crippen molar-refractivity contribution in [1.29, 1.82) is 0 Å². The predicted molar refractivity (Wildman–Crippen MR) is 63.8 cm³/mol. The maximum atomic E-state index is 12.4. The molecule has 0 amide bonds. The lowest BCUT2D eigenvalue weighted by Crippen LogP contribution is -2.41. The molecule has 0 radical (unpaired) electrons. The fourth-order valence-electron chi connectivity index (χ4n) is 3.73. The van der Waals surface area contributed by atoms with Crippen molar-refractivity contribution in [2.75, 3.05) is 19.8 Å². The molecule has 0 aromatic carbocycles. The summed E-state index contributed by atoms with van der Waals surface area (Å²) in [6.07, 6.45) is 7.71. The van der Waals surface area contributed by atoms with Crippen LogP contribution in [0.3, 0.4) is 0 Å². The van der Waals surface area contributed by atoms with Crippen molar-refractivity contribution in [3.8, 4) is 0 Å². The molecular formula is C14H22O3. The van der Waals surface area contributed by atoms with E-state index in [1.807, 2.05) is 0 Å². The minimum absolute atomic E-state index is 0.0675. The third-order valence-corrected chi connectivity index (χ3v) is 4.74. The Morgan fingerprint density at radius 3 is 2.53 bits per heavy atom. The van der Waals surface area contributed by atoms with Crippen LogP contribution >= 0.6 is 0 Å². The fraction of sp³-hybridized carbons (Fsp3) is 0.929. The zero-order valence-electron chi connectivity index (χ0n) is 10.5. The minimum atomic E-state index is 0.0675. The van der Waals surface area contributed by atoms with Crippen LogP contribution in [-0.4, -0.2) is 31.2 Å². The van der Waals surface area contributed by atoms with Crippen LogP contribution in [0.25, 0.3) is 0 Å². The smallest absolute Gasteiger partial charge is 0.141 e. The summed E-state index contributed by atoms with van der Waals surface area (Å²) in [5.41, 5.74) is 0.0675. The van der Waals surface area contributed by atoms with Gasteiger partial charge in [0.05, 0.1) is 12.2 Å². The number of ketones is 1. The van der Waals surface area contributed by atoms with Crippen LogP contribution in [0.2, 0.25) is 0 Å². The molecule has 17 heavy (non-hydrogen) atoms. The van der Waals surface area contributed by atoms with E-state index in [2.05, 4.69) is 0 Å². The van der Waals surface area contributed by atoms with E-state index in [9.17, 15) is 4.79 Å². The van der Waals surface area contributed by atoms with E-state index < -0.39 is 0 Å². The van der Waals surface area contributed by atoms with Gasteiger partial charge in [0.15, 0.2) is 0 Å². The third-order valence-electron chi connectivity index (χ3n) is 4.74. The van der Waals surface area contributed by atoms with Crippen molar-refractivity contribution in [3.63, 3.8) is 0 Å². The van der Waals surface area contributed by atoms with E-state index >= 15 is 0 Å². The number of rotatable bonds is 2. The first-order valence-electron chi connectivity index (χ1n) is 7.05. The molecule has 2 heterocycles. The first kappa shape index (κ1) is 11.7. The zero-order chi connectivity index (χ0) is 11.7. The highest BCUT2D eigenvalue weighted by atomic mass is 16.5. The minimum Gasteiger partial charge on any atom is -0.381 e. The molecule has 96 valence electrons. The molecule has 2 aliphatic heterocycles. The van der Waals surface area contributed by atoms with E-state index in [0.29, 0.717) is 12.4 Å². The van der Waals surface area contributed by atoms with Gasteiger partial charge in [0.2, 0.25) is 0 Å². The van der Waals surface area contributed by atoms with Gasteiger partial charge in [-0.3, -0.25) is 4.79 Å². The largest absolute Gasteiger partial charge is 0.381 e. The maximum Gasteiger partial charge on any atom is 0.141 e. The van der Waals surface area contributed by atoms with Crippen molar-refractivity contribution >= 4 is 5.78 Å². The van der Waals surface area contributed by atoms with Crippen LogP contribution in [0.1, 0.15) is 44.9 Å². The van der Waals surface area contributed by atoms with Crippen LogP contribution in [-0.2, 0) is 14.3 Å². The number of carbonyl (C=O) groups excluding carboxylic acids is 1. The summed E-state index contributed by atoms with van der Waals surface area (Å²) in [5, 5.41) is 0. The third kappa shape index (κ3) is 2.27. The van der Waals surface area contributed by atoms with Gasteiger partial charge in [-0.25, -0.2) is 0 Å². The second kappa shape index (κ2) is 4.69. The summed E-state index contributed by atoms with van der Waals surface area (Å²) in [6.45, 7) is 2.21. The summed E-state index contributed by atoms with van der Waals surface area (Å²) in [6, 6.07) is 0. The Kier molecular flexibility index (Phi) is 3.22. The number of ether oxygens (including phenoxy) is 2. The van der Waals surface area contributed by atoms with E-state index in [4.69, 9.17) is 9.47 Å². The molecular weight excluding hydrogens is 216 g/mol. The van der Waals surface area contributed by atoms with E-state index in [-0.39, 0.29) is 17.4 Å². The van der Waals surface area contributed by atoms with Gasteiger partial charge >= 0.3 is 0 Å². The van der Waals surface area contributed by atoms with Gasteiger partial charge in [-0.05, 0) is 32.1 Å². The molecule has 0 bridgehead atoms. The highest BCUT2D eigenvalue weighted by Gasteiger charge is 2.43. The second-order valence-corrected chi connectivity index (χ2v) is 5.89. The molecule has 3 nitrogen and oxygen atoms in total. The highest BCUT2D eigenvalue weighted by molar-refractivity contribution is 5.84. The van der Waals surface area contributed by atoms with E-state index in [1.165, 1.54) is 12.8 Å². The van der Waals surface area contributed by atoms with Crippen LogP contribution in [0.15, 0.2) is 0 Å². The number of hydrogen-bond acceptors (Lipinski definition) is 3. The number of hydrogen-bond donors (Lipinski definition) is 0. The average molecular weight is 238 g/mol. The maximum absolute atomic E-state index is 12.4. The molecule has 3 rings (SSSR count). The lowest BCUT2D eigenvalue weighted by molar-refractivity contribution is -0.140. The van der Waals surface area contributed by atoms with Crippen molar-refractivity contribution in [3.05, 3.63) is 0 Å². The van der Waals surface area contributed by atoms with Gasteiger partial charge in [0, 0.05) is 25.0 Å². The van der Waals surface area contributed by atoms with Gasteiger partial charge in [-0.1, -0.05) is 12.8 Å². The van der Waals surface area contributed by atoms with Crippen LogP contribution < -0.4 is 0 Å². The first-order valence-corrected chi connectivity index (χ1v) is 7.05. The lowest BCUT2D eigenvalue weighted by Gasteiger charge is -2.38. The summed E-state index contributed by atoms with van der Waals surface area (Å²) in [7, 11) is 0. The lowest BCUT2D eigenvalue weighted by atomic mass is 9.79. The second-order valence-electron chi connectivity index (χ2n) is 5.89. The molecule has 2 atom stereocenters. The van der Waals surface area contributed by atoms with Gasteiger partial charge in [-0.2, -0.15) is 0 Å². The fourth-order valence-corrected chi connectivity index (χ4v) is 3.73. The Morgan fingerprint density at radius 2 is 1.82 bits per heavy atom. The van der Waals surface area contributed by atoms with E-state index in [1.54, 1.807) is 0 Å². The Morgan fingerprint density at radius 1 is 1.06 bits per heavy atom. The van der Waals surface area contributed by atoms with Crippen LogP contribution in [0.5, 0.6) is 0 Å². The molecule has 1 spiro atoms. The van der Waals surface area contributed by atoms with Crippen molar-refractivity contribution in [2.24, 2.45) is 11.8 Å². The Bertz CT molecular complexity index is 288. The van der Waals surface area contributed by atoms with Crippen LogP contribution in [0, 0.1) is 11.8 Å². The molecule has 3 heteroatoms. The molecule has 3 aliphatic rings. The van der Waals surface area contributed by atoms with Crippen molar-refractivity contribution in [1.82, 2.24) is 0 Å². The Balaban J connectivity index is 1.64. The molecule has 3 fully saturated rings. The molecule has 0 N–H and O–H groups in total. The van der Waals surface area contributed by atoms with E-state index in [0.717, 1.165) is 45.3 Å². The molecule has 2 unspecified atom stereocenters. The van der Waals surface area contributed by atoms with Gasteiger partial charge in [0.25, 0.3) is 0 Å². The summed E-state index contributed by atoms with van der Waals surface area (Å²) in [4.78, 5) is 12.4. The SMILES string of the molecule is O=C(C1CCOC1)C1CCOC2(CCCC2)C1. The molecule has 2 saturated heterocycles. The predicted octanol–water partition coefficient (Wildman–Crippen LogP) is 2.33. The average Bonchev–Trinajstić information content (AvgIpc) is 3.00. The Labute approximate surface area is 103 Å². The van der Waals surface area contributed by atoms with Gasteiger partial charge in [0.1, 0.15) is 5.78 Å². The first-order chi connectivity index (χ1) is 8.29. The number of carbonyl (C=O) groups is 1. The summed E-state index contributed by atoms with van der Waals surface area (Å²) >= 11 is 0. The molecule has 1 saturated carbocycles. The number of Topliss-reactive ketones (excluding diaryl/α,β-unsaturated/α-hetero) is 1. The molecule has 0 aromatic rings. The molecule has 1 aliphatic carbocycles. The monoisotopic (exact) mass is 238 g/mol. The topological polar surface area (TPSA) is 35.5 Å². The van der Waals surface area contributed by atoms with Gasteiger partial charge < -0.3 is 9.47 Å². The Hall–Kier alpha value is -0.410.